The molecule has 3 aromatic rings. The number of nitrogens with one attached hydrogen (secondary N) is 2. The molecular formula is C26H25N5O3. The number of anilines is 3. The Morgan fingerprint density at radius 2 is 1.88 bits per heavy atom. The van der Waals surface area contributed by atoms with Crippen molar-refractivity contribution >= 4 is 39.7 Å². The first-order chi connectivity index (χ1) is 16.6. The highest BCUT2D eigenvalue weighted by Gasteiger charge is 2.08. The van der Waals surface area contributed by atoms with Gasteiger partial charge < -0.3 is 20.1 Å². The first-order valence-corrected chi connectivity index (χ1v) is 10.8. The van der Waals surface area contributed by atoms with E-state index in [0.717, 1.165) is 34.5 Å². The number of carbonyl (C=O) groups excluding carboxylic acids is 1. The Hall–Kier alpha value is -4.30. The molecule has 0 saturated heterocycles. The maximum Gasteiger partial charge on any atom is 0.250 e. The van der Waals surface area contributed by atoms with E-state index < -0.39 is 0 Å². The molecule has 34 heavy (non-hydrogen) atoms. The number of benzene rings is 2. The molecule has 2 N–H and O–H groups in total. The fourth-order valence-corrected chi connectivity index (χ4v) is 3.29. The molecule has 2 heterocycles. The van der Waals surface area contributed by atoms with Crippen LogP contribution in [0.15, 0.2) is 90.0 Å². The molecule has 8 nitrogen and oxygen atoms in total. The zero-order chi connectivity index (χ0) is 23.8. The van der Waals surface area contributed by atoms with Crippen LogP contribution in [0.1, 0.15) is 13.3 Å². The zero-order valence-electron chi connectivity index (χ0n) is 19.0. The molecule has 4 rings (SSSR count). The van der Waals surface area contributed by atoms with Crippen LogP contribution < -0.4 is 15.4 Å². The highest BCUT2D eigenvalue weighted by atomic mass is 16.5. The van der Waals surface area contributed by atoms with Crippen molar-refractivity contribution in [3.63, 3.8) is 0 Å². The third-order valence-electron chi connectivity index (χ3n) is 4.84. The number of nitrogens with zero attached hydrogens (tertiary/aromatic N) is 3. The summed E-state index contributed by atoms with van der Waals surface area (Å²) in [7, 11) is 1.48. The molecule has 0 fully saturated rings. The molecule has 0 bridgehead atoms. The van der Waals surface area contributed by atoms with Gasteiger partial charge in [0.15, 0.2) is 0 Å². The molecule has 1 amide bonds. The van der Waals surface area contributed by atoms with Gasteiger partial charge in [0.2, 0.25) is 5.91 Å². The van der Waals surface area contributed by atoms with Crippen molar-refractivity contribution in [3.8, 4) is 5.75 Å². The number of allylic oxidation sites excluding steroid dienone is 4. The van der Waals surface area contributed by atoms with E-state index >= 15 is 0 Å². The van der Waals surface area contributed by atoms with Crippen LogP contribution in [0, 0.1) is 0 Å². The molecule has 1 aliphatic heterocycles. The van der Waals surface area contributed by atoms with Crippen LogP contribution in [0.2, 0.25) is 0 Å². The second-order valence-electron chi connectivity index (χ2n) is 7.53. The maximum absolute atomic E-state index is 11.9. The van der Waals surface area contributed by atoms with Gasteiger partial charge in [-0.1, -0.05) is 12.2 Å². The standard InChI is InChI=1S/C26H25N5O3/c1-18-14-22(6-4-3-5-13-27-18)34-21-10-7-19(8-11-21)31-26-23-15-20(30-25(32)16-33-2)9-12-24(23)28-17-29-26/h4-15,17H,3,16H2,1-2H3,(H,30,32)(H,28,29,31)/b6-4?,13-5-,22-14?,27-18?. The van der Waals surface area contributed by atoms with E-state index in [0.29, 0.717) is 17.3 Å². The SMILES string of the molecule is COCC(=O)Nc1ccc2ncnc(Nc3ccc(OC4=CC(C)=N/C=C\CC=C4)cc3)c2c1. The molecular weight excluding hydrogens is 430 g/mol. The van der Waals surface area contributed by atoms with Gasteiger partial charge in [-0.3, -0.25) is 9.79 Å². The molecule has 172 valence electrons. The van der Waals surface area contributed by atoms with Crippen molar-refractivity contribution in [1.29, 1.82) is 0 Å². The molecule has 0 spiro atoms. The number of aromatic nitrogens is 2. The molecule has 0 aliphatic carbocycles. The van der Waals surface area contributed by atoms with Crippen LogP contribution in [0.4, 0.5) is 17.2 Å². The van der Waals surface area contributed by atoms with Crippen molar-refractivity contribution in [1.82, 2.24) is 9.97 Å². The molecule has 2 aromatic carbocycles. The van der Waals surface area contributed by atoms with E-state index in [-0.39, 0.29) is 12.5 Å². The number of aliphatic imine (C=N–C) groups is 1. The summed E-state index contributed by atoms with van der Waals surface area (Å²) in [5, 5.41) is 6.90. The maximum atomic E-state index is 11.9. The second-order valence-corrected chi connectivity index (χ2v) is 7.53. The fourth-order valence-electron chi connectivity index (χ4n) is 3.29. The van der Waals surface area contributed by atoms with Crippen molar-refractivity contribution in [2.24, 2.45) is 4.99 Å². The monoisotopic (exact) mass is 455 g/mol. The number of ether oxygens (including phenoxy) is 2. The highest BCUT2D eigenvalue weighted by Crippen LogP contribution is 2.27. The average Bonchev–Trinajstić information content (AvgIpc) is 2.92. The minimum absolute atomic E-state index is 0.0151. The van der Waals surface area contributed by atoms with Gasteiger partial charge in [-0.2, -0.15) is 0 Å². The number of fused-ring (bicyclic) bond motifs is 1. The largest absolute Gasteiger partial charge is 0.457 e. The van der Waals surface area contributed by atoms with E-state index in [1.807, 2.05) is 67.6 Å². The van der Waals surface area contributed by atoms with Crippen LogP contribution in [-0.4, -0.2) is 35.3 Å². The van der Waals surface area contributed by atoms with Crippen molar-refractivity contribution in [2.45, 2.75) is 13.3 Å². The van der Waals surface area contributed by atoms with Crippen LogP contribution in [0.5, 0.6) is 5.75 Å². The normalized spacial score (nSPS) is 14.3. The smallest absolute Gasteiger partial charge is 0.250 e. The lowest BCUT2D eigenvalue weighted by Crippen LogP contribution is -2.17. The molecule has 8 heteroatoms. The minimum Gasteiger partial charge on any atom is -0.457 e. The molecule has 1 aromatic heterocycles. The lowest BCUT2D eigenvalue weighted by Gasteiger charge is -2.11. The van der Waals surface area contributed by atoms with Gasteiger partial charge >= 0.3 is 0 Å². The average molecular weight is 456 g/mol. The first-order valence-electron chi connectivity index (χ1n) is 10.8. The molecule has 0 radical (unpaired) electrons. The third kappa shape index (κ3) is 6.14. The van der Waals surface area contributed by atoms with Crippen LogP contribution in [-0.2, 0) is 9.53 Å². The summed E-state index contributed by atoms with van der Waals surface area (Å²) >= 11 is 0. The Bertz CT molecular complexity index is 1290. The minimum atomic E-state index is -0.230. The number of carbonyl (C=O) groups is 1. The van der Waals surface area contributed by atoms with Gasteiger partial charge in [-0.25, -0.2) is 9.97 Å². The highest BCUT2D eigenvalue weighted by molar-refractivity contribution is 5.97. The second kappa shape index (κ2) is 11.0. The quantitative estimate of drug-likeness (QED) is 0.511. The molecule has 0 saturated carbocycles. The Morgan fingerprint density at radius 3 is 2.71 bits per heavy atom. The third-order valence-corrected chi connectivity index (χ3v) is 4.84. The zero-order valence-corrected chi connectivity index (χ0v) is 19.0. The van der Waals surface area contributed by atoms with Crippen LogP contribution >= 0.6 is 0 Å². The van der Waals surface area contributed by atoms with Gasteiger partial charge in [0.05, 0.1) is 5.52 Å². The topological polar surface area (TPSA) is 97.7 Å². The van der Waals surface area contributed by atoms with Gasteiger partial charge in [0, 0.05) is 41.9 Å². The number of hydrogen-bond donors (Lipinski definition) is 2. The summed E-state index contributed by atoms with van der Waals surface area (Å²) in [6.45, 7) is 1.92. The Morgan fingerprint density at radius 1 is 1.06 bits per heavy atom. The lowest BCUT2D eigenvalue weighted by atomic mass is 10.2. The summed E-state index contributed by atoms with van der Waals surface area (Å²) in [5.41, 5.74) is 3.10. The number of rotatable bonds is 7. The Balaban J connectivity index is 1.50. The number of hydrogen-bond acceptors (Lipinski definition) is 7. The predicted octanol–water partition coefficient (Wildman–Crippen LogP) is 5.16. The summed E-state index contributed by atoms with van der Waals surface area (Å²) < 4.78 is 10.9. The molecule has 1 aliphatic rings. The Kier molecular flexibility index (Phi) is 7.42. The summed E-state index contributed by atoms with van der Waals surface area (Å²) in [6, 6.07) is 13.0. The van der Waals surface area contributed by atoms with Gasteiger partial charge in [-0.15, -0.1) is 0 Å². The van der Waals surface area contributed by atoms with Gasteiger partial charge in [-0.05, 0) is 61.9 Å². The van der Waals surface area contributed by atoms with Crippen molar-refractivity contribution in [2.75, 3.05) is 24.4 Å². The molecule has 0 unspecified atom stereocenters. The summed E-state index contributed by atoms with van der Waals surface area (Å²) in [6.07, 6.45) is 12.0. The lowest BCUT2D eigenvalue weighted by molar-refractivity contribution is -0.119. The van der Waals surface area contributed by atoms with Gasteiger partial charge in [0.25, 0.3) is 0 Å². The van der Waals surface area contributed by atoms with E-state index in [2.05, 4.69) is 25.6 Å². The van der Waals surface area contributed by atoms with Crippen LogP contribution in [0.3, 0.4) is 0 Å². The van der Waals surface area contributed by atoms with E-state index in [1.54, 1.807) is 12.3 Å². The van der Waals surface area contributed by atoms with Crippen LogP contribution in [0.25, 0.3) is 10.9 Å². The van der Waals surface area contributed by atoms with Gasteiger partial charge in [0.1, 0.15) is 30.3 Å². The number of methoxy groups -OCH3 is 1. The molecule has 0 atom stereocenters. The predicted molar refractivity (Wildman–Crippen MR) is 134 cm³/mol. The van der Waals surface area contributed by atoms with E-state index in [1.165, 1.54) is 13.4 Å². The van der Waals surface area contributed by atoms with E-state index in [4.69, 9.17) is 9.47 Å². The Labute approximate surface area is 197 Å². The first kappa shape index (κ1) is 22.9. The van der Waals surface area contributed by atoms with Crippen molar-refractivity contribution in [3.05, 3.63) is 85.1 Å². The number of amides is 1. The van der Waals surface area contributed by atoms with Crippen molar-refractivity contribution < 1.29 is 14.3 Å². The fraction of sp³-hybridized carbons (Fsp3) is 0.154. The summed E-state index contributed by atoms with van der Waals surface area (Å²) in [4.78, 5) is 24.9. The van der Waals surface area contributed by atoms with E-state index in [9.17, 15) is 4.79 Å². The summed E-state index contributed by atoms with van der Waals surface area (Å²) in [5.74, 6) is 1.82.